The molecule has 0 saturated heterocycles. The van der Waals surface area contributed by atoms with Crippen molar-refractivity contribution in [3.8, 4) is 0 Å². The lowest BCUT2D eigenvalue weighted by Gasteiger charge is -2.25. The number of carboxylic acids is 2. The molecule has 4 nitrogen and oxygen atoms in total. The van der Waals surface area contributed by atoms with Crippen LogP contribution < -0.4 is 0 Å². The highest BCUT2D eigenvalue weighted by Crippen LogP contribution is 2.30. The molecule has 0 bridgehead atoms. The van der Waals surface area contributed by atoms with Gasteiger partial charge in [-0.3, -0.25) is 0 Å². The van der Waals surface area contributed by atoms with Crippen LogP contribution in [-0.2, 0) is 6.42 Å². The van der Waals surface area contributed by atoms with Crippen LogP contribution in [0.25, 0.3) is 0 Å². The smallest absolute Gasteiger partial charge is 0.336 e. The lowest BCUT2D eigenvalue weighted by atomic mass is 9.79. The van der Waals surface area contributed by atoms with Gasteiger partial charge in [-0.05, 0) is 29.9 Å². The van der Waals surface area contributed by atoms with Crippen LogP contribution in [0.5, 0.6) is 0 Å². The molecule has 0 aliphatic carbocycles. The van der Waals surface area contributed by atoms with Gasteiger partial charge in [-0.15, -0.1) is 0 Å². The van der Waals surface area contributed by atoms with E-state index in [0.717, 1.165) is 19.3 Å². The Morgan fingerprint density at radius 3 is 2.30 bits per heavy atom. The first-order chi connectivity index (χ1) is 9.28. The van der Waals surface area contributed by atoms with E-state index >= 15 is 0 Å². The fourth-order valence-electron chi connectivity index (χ4n) is 2.44. The molecule has 4 heteroatoms. The molecule has 0 spiro atoms. The third-order valence-electron chi connectivity index (χ3n) is 3.47. The molecule has 1 aromatic rings. The van der Waals surface area contributed by atoms with Gasteiger partial charge in [0.1, 0.15) is 0 Å². The number of carbonyl (C=O) groups is 2. The van der Waals surface area contributed by atoms with E-state index in [2.05, 4.69) is 20.8 Å². The molecule has 1 aromatic carbocycles. The number of unbranched alkanes of at least 4 members (excludes halogenated alkanes) is 1. The van der Waals surface area contributed by atoms with Crippen molar-refractivity contribution in [2.24, 2.45) is 5.41 Å². The molecule has 0 atom stereocenters. The van der Waals surface area contributed by atoms with Crippen LogP contribution in [0.15, 0.2) is 18.2 Å². The fourth-order valence-corrected chi connectivity index (χ4v) is 2.44. The van der Waals surface area contributed by atoms with Crippen LogP contribution in [0.3, 0.4) is 0 Å². The van der Waals surface area contributed by atoms with E-state index in [0.29, 0.717) is 12.0 Å². The van der Waals surface area contributed by atoms with Crippen molar-refractivity contribution in [2.45, 2.75) is 46.5 Å². The molecule has 0 unspecified atom stereocenters. The third-order valence-corrected chi connectivity index (χ3v) is 3.47. The van der Waals surface area contributed by atoms with Crippen LogP contribution >= 0.6 is 0 Å². The van der Waals surface area contributed by atoms with Crippen molar-refractivity contribution in [2.75, 3.05) is 0 Å². The molecule has 0 radical (unpaired) electrons. The van der Waals surface area contributed by atoms with Gasteiger partial charge in [-0.25, -0.2) is 9.59 Å². The van der Waals surface area contributed by atoms with Gasteiger partial charge in [0, 0.05) is 0 Å². The van der Waals surface area contributed by atoms with Gasteiger partial charge < -0.3 is 10.2 Å². The topological polar surface area (TPSA) is 74.6 Å². The summed E-state index contributed by atoms with van der Waals surface area (Å²) in [6.07, 6.45) is 3.72. The van der Waals surface area contributed by atoms with Crippen molar-refractivity contribution in [3.63, 3.8) is 0 Å². The maximum Gasteiger partial charge on any atom is 0.336 e. The van der Waals surface area contributed by atoms with Gasteiger partial charge in [0.2, 0.25) is 0 Å². The SMILES string of the molecule is CCCCC(C)(C)Cc1cccc(C(=O)O)c1C(=O)O. The van der Waals surface area contributed by atoms with Crippen molar-refractivity contribution < 1.29 is 19.8 Å². The Labute approximate surface area is 119 Å². The summed E-state index contributed by atoms with van der Waals surface area (Å²) in [7, 11) is 0. The third kappa shape index (κ3) is 4.08. The van der Waals surface area contributed by atoms with Crippen molar-refractivity contribution in [1.82, 2.24) is 0 Å². The first-order valence-electron chi connectivity index (χ1n) is 6.87. The van der Waals surface area contributed by atoms with E-state index in [-0.39, 0.29) is 16.5 Å². The zero-order valence-electron chi connectivity index (χ0n) is 12.3. The van der Waals surface area contributed by atoms with Gasteiger partial charge in [0.25, 0.3) is 0 Å². The highest BCUT2D eigenvalue weighted by Gasteiger charge is 2.25. The lowest BCUT2D eigenvalue weighted by Crippen LogP contribution is -2.19. The predicted molar refractivity (Wildman–Crippen MR) is 77.4 cm³/mol. The largest absolute Gasteiger partial charge is 0.478 e. The van der Waals surface area contributed by atoms with Crippen LogP contribution in [0.1, 0.15) is 66.3 Å². The Morgan fingerprint density at radius 1 is 1.15 bits per heavy atom. The van der Waals surface area contributed by atoms with Crippen LogP contribution in [-0.4, -0.2) is 22.2 Å². The van der Waals surface area contributed by atoms with Gasteiger partial charge in [0.15, 0.2) is 0 Å². The first-order valence-corrected chi connectivity index (χ1v) is 6.87. The number of rotatable bonds is 7. The molecule has 110 valence electrons. The highest BCUT2D eigenvalue weighted by atomic mass is 16.4. The van der Waals surface area contributed by atoms with Crippen molar-refractivity contribution in [1.29, 1.82) is 0 Å². The quantitative estimate of drug-likeness (QED) is 0.794. The second kappa shape index (κ2) is 6.55. The maximum atomic E-state index is 11.4. The molecular formula is C16H22O4. The standard InChI is InChI=1S/C16H22O4/c1-4-5-9-16(2,3)10-11-7-6-8-12(14(17)18)13(11)15(19)20/h6-8H,4-5,9-10H2,1-3H3,(H,17,18)(H,19,20). The summed E-state index contributed by atoms with van der Waals surface area (Å²) in [4.78, 5) is 22.5. The average Bonchev–Trinajstić information content (AvgIpc) is 2.35. The van der Waals surface area contributed by atoms with Crippen LogP contribution in [0, 0.1) is 5.41 Å². The minimum Gasteiger partial charge on any atom is -0.478 e. The van der Waals surface area contributed by atoms with Crippen LogP contribution in [0.4, 0.5) is 0 Å². The Bertz CT molecular complexity index is 503. The van der Waals surface area contributed by atoms with Gasteiger partial charge in [-0.1, -0.05) is 45.7 Å². The molecule has 0 amide bonds. The highest BCUT2D eigenvalue weighted by molar-refractivity contribution is 6.02. The van der Waals surface area contributed by atoms with E-state index in [4.69, 9.17) is 5.11 Å². The molecule has 0 heterocycles. The molecule has 0 aliphatic rings. The van der Waals surface area contributed by atoms with Crippen molar-refractivity contribution >= 4 is 11.9 Å². The summed E-state index contributed by atoms with van der Waals surface area (Å²) >= 11 is 0. The van der Waals surface area contributed by atoms with Gasteiger partial charge >= 0.3 is 11.9 Å². The summed E-state index contributed by atoms with van der Waals surface area (Å²) in [6.45, 7) is 6.28. The van der Waals surface area contributed by atoms with E-state index in [1.807, 2.05) is 0 Å². The second-order valence-corrected chi connectivity index (χ2v) is 5.89. The summed E-state index contributed by atoms with van der Waals surface area (Å²) < 4.78 is 0. The number of aromatic carboxylic acids is 2. The lowest BCUT2D eigenvalue weighted by molar-refractivity contribution is 0.0650. The molecule has 2 N–H and O–H groups in total. The summed E-state index contributed by atoms with van der Waals surface area (Å²) in [5.41, 5.74) is 0.335. The molecule has 1 rings (SSSR count). The first kappa shape index (κ1) is 16.2. The fraction of sp³-hybridized carbons (Fsp3) is 0.500. The second-order valence-electron chi connectivity index (χ2n) is 5.89. The predicted octanol–water partition coefficient (Wildman–Crippen LogP) is 3.84. The molecule has 0 aliphatic heterocycles. The molecule has 0 saturated carbocycles. The zero-order chi connectivity index (χ0) is 15.3. The Morgan fingerprint density at radius 2 is 1.80 bits per heavy atom. The summed E-state index contributed by atoms with van der Waals surface area (Å²) in [5, 5.41) is 18.4. The minimum atomic E-state index is -1.20. The van der Waals surface area contributed by atoms with Gasteiger partial charge in [0.05, 0.1) is 11.1 Å². The summed E-state index contributed by atoms with van der Waals surface area (Å²) in [5.74, 6) is -2.38. The Kier molecular flexibility index (Phi) is 5.31. The van der Waals surface area contributed by atoms with Crippen molar-refractivity contribution in [3.05, 3.63) is 34.9 Å². The van der Waals surface area contributed by atoms with E-state index < -0.39 is 11.9 Å². The zero-order valence-corrected chi connectivity index (χ0v) is 12.3. The van der Waals surface area contributed by atoms with E-state index in [1.165, 1.54) is 6.07 Å². The van der Waals surface area contributed by atoms with E-state index in [9.17, 15) is 14.7 Å². The Balaban J connectivity index is 3.15. The molecular weight excluding hydrogens is 256 g/mol. The van der Waals surface area contributed by atoms with Gasteiger partial charge in [-0.2, -0.15) is 0 Å². The average molecular weight is 278 g/mol. The minimum absolute atomic E-state index is 0.0443. The van der Waals surface area contributed by atoms with Crippen LogP contribution in [0.2, 0.25) is 0 Å². The molecule has 0 aromatic heterocycles. The molecule has 20 heavy (non-hydrogen) atoms. The number of benzene rings is 1. The number of carboxylic acid groups (broad SMARTS) is 2. The monoisotopic (exact) mass is 278 g/mol. The normalized spacial score (nSPS) is 11.3. The maximum absolute atomic E-state index is 11.4. The number of hydrogen-bond acceptors (Lipinski definition) is 2. The Hall–Kier alpha value is -1.84. The number of hydrogen-bond donors (Lipinski definition) is 2. The van der Waals surface area contributed by atoms with E-state index in [1.54, 1.807) is 12.1 Å². The molecule has 0 fully saturated rings. The summed E-state index contributed by atoms with van der Waals surface area (Å²) in [6, 6.07) is 4.67.